The summed E-state index contributed by atoms with van der Waals surface area (Å²) in [5, 5.41) is 10.5. The van der Waals surface area contributed by atoms with Gasteiger partial charge in [0.25, 0.3) is 0 Å². The molecule has 0 saturated carbocycles. The zero-order valence-corrected chi connectivity index (χ0v) is 20.5. The van der Waals surface area contributed by atoms with Crippen molar-refractivity contribution in [2.24, 2.45) is 0 Å². The fraction of sp³-hybridized carbons (Fsp3) is 0.300. The summed E-state index contributed by atoms with van der Waals surface area (Å²) in [6.45, 7) is 7.64. The van der Waals surface area contributed by atoms with Crippen molar-refractivity contribution < 1.29 is 14.2 Å². The Morgan fingerprint density at radius 1 is 1.21 bits per heavy atom. The number of fused-ring (bicyclic) bond motifs is 1. The van der Waals surface area contributed by atoms with Crippen LogP contribution in [0.1, 0.15) is 0 Å². The number of phenols is 1. The fourth-order valence-electron chi connectivity index (χ4n) is 2.80. The van der Waals surface area contributed by atoms with Crippen LogP contribution in [0.3, 0.4) is 0 Å². The van der Waals surface area contributed by atoms with E-state index in [0.717, 1.165) is 6.04 Å². The number of phenolic OH excluding ortho intramolecular Hbond substituents is 1. The predicted molar refractivity (Wildman–Crippen MR) is 122 cm³/mol. The van der Waals surface area contributed by atoms with Crippen LogP contribution in [-0.4, -0.2) is 29.3 Å². The van der Waals surface area contributed by atoms with E-state index in [2.05, 4.69) is 56.5 Å². The quantitative estimate of drug-likeness (QED) is 0.187. The van der Waals surface area contributed by atoms with Crippen LogP contribution in [0.4, 0.5) is 4.39 Å². The molecule has 5 nitrogen and oxygen atoms in total. The monoisotopic (exact) mass is 542 g/mol. The minimum absolute atomic E-state index is 0.132. The number of nitrogens with zero attached hydrogens (tertiary/aromatic N) is 2. The first-order valence-electron chi connectivity index (χ1n) is 9.03. The maximum absolute atomic E-state index is 13.3. The lowest BCUT2D eigenvalue weighted by Gasteiger charge is -2.20. The van der Waals surface area contributed by atoms with Crippen LogP contribution in [0.5, 0.6) is 5.75 Å². The Kier molecular flexibility index (Phi) is 6.62. The highest BCUT2D eigenvalue weighted by atomic mass is 79.9. The third kappa shape index (κ3) is 4.96. The molecule has 1 heterocycles. The van der Waals surface area contributed by atoms with E-state index in [-0.39, 0.29) is 34.7 Å². The molecule has 0 atom stereocenters. The molecule has 154 valence electrons. The molecule has 1 aromatic carbocycles. The Balaban J connectivity index is 2.05. The van der Waals surface area contributed by atoms with Gasteiger partial charge in [-0.2, -0.15) is 0 Å². The van der Waals surface area contributed by atoms with Gasteiger partial charge in [-0.15, -0.1) is 0 Å². The molecule has 29 heavy (non-hydrogen) atoms. The zero-order chi connectivity index (χ0) is 21.3. The van der Waals surface area contributed by atoms with E-state index >= 15 is 0 Å². The van der Waals surface area contributed by atoms with Crippen molar-refractivity contribution in [3.8, 4) is 28.1 Å². The normalized spacial score (nSPS) is 11.9. The number of hydrogen-bond acceptors (Lipinski definition) is 4. The van der Waals surface area contributed by atoms with Crippen LogP contribution >= 0.6 is 31.9 Å². The maximum Gasteiger partial charge on any atom is 0.198 e. The van der Waals surface area contributed by atoms with Crippen molar-refractivity contribution in [2.45, 2.75) is 32.4 Å². The molecule has 0 spiro atoms. The number of aromatic hydroxyl groups is 1. The largest absolute Gasteiger partial charge is 0.506 e. The molecule has 0 unspecified atom stereocenters. The summed E-state index contributed by atoms with van der Waals surface area (Å²) in [6, 6.07) is 7.94. The Morgan fingerprint density at radius 2 is 1.86 bits per heavy atom. The SMILES string of the molecule is C[Si](C)(C)CCOCn1c(Br)nc2c(O)cc(-c3ccc(F)cc3)c(=O)c-2c1Br. The Labute approximate surface area is 186 Å². The first-order valence-corrected chi connectivity index (χ1v) is 14.3. The summed E-state index contributed by atoms with van der Waals surface area (Å²) in [5.41, 5.74) is 0.888. The molecule has 0 aromatic heterocycles. The summed E-state index contributed by atoms with van der Waals surface area (Å²) in [7, 11) is -1.21. The van der Waals surface area contributed by atoms with Crippen LogP contribution in [0.25, 0.3) is 22.4 Å². The van der Waals surface area contributed by atoms with Gasteiger partial charge in [-0.05, 0) is 61.7 Å². The standard InChI is InChI=1S/C20H21Br2FN2O3Si/c1-29(2,3)9-8-28-11-25-19(21)16-17(24-20(25)22)15(26)10-14(18(16)27)12-4-6-13(23)7-5-12/h4-7,10,26H,8-9,11H2,1-3H3. The van der Waals surface area contributed by atoms with Crippen LogP contribution < -0.4 is 5.43 Å². The summed E-state index contributed by atoms with van der Waals surface area (Å²) in [6.07, 6.45) is 0. The van der Waals surface area contributed by atoms with Crippen molar-refractivity contribution in [2.75, 3.05) is 6.61 Å². The van der Waals surface area contributed by atoms with E-state index < -0.39 is 13.9 Å². The first-order chi connectivity index (χ1) is 13.6. The molecule has 0 saturated heterocycles. The predicted octanol–water partition coefficient (Wildman–Crippen LogP) is 5.70. The second-order valence-corrected chi connectivity index (χ2v) is 15.0. The third-order valence-corrected chi connectivity index (χ3v) is 7.61. The molecule has 3 rings (SSSR count). The van der Waals surface area contributed by atoms with Gasteiger partial charge in [0.05, 0.1) is 5.56 Å². The topological polar surface area (TPSA) is 64.3 Å². The van der Waals surface area contributed by atoms with Gasteiger partial charge in [-0.3, -0.25) is 9.36 Å². The van der Waals surface area contributed by atoms with Crippen LogP contribution in [-0.2, 0) is 11.5 Å². The highest BCUT2D eigenvalue weighted by Crippen LogP contribution is 2.37. The maximum atomic E-state index is 13.3. The van der Waals surface area contributed by atoms with E-state index in [1.165, 1.54) is 30.3 Å². The van der Waals surface area contributed by atoms with Gasteiger partial charge < -0.3 is 9.84 Å². The lowest BCUT2D eigenvalue weighted by molar-refractivity contribution is 0.0829. The average molecular weight is 544 g/mol. The smallest absolute Gasteiger partial charge is 0.198 e. The van der Waals surface area contributed by atoms with Gasteiger partial charge in [0.1, 0.15) is 28.6 Å². The van der Waals surface area contributed by atoms with Crippen LogP contribution in [0, 0.1) is 5.82 Å². The van der Waals surface area contributed by atoms with Gasteiger partial charge in [0.2, 0.25) is 0 Å². The molecular formula is C20H21Br2FN2O3Si. The molecule has 0 bridgehead atoms. The highest BCUT2D eigenvalue weighted by molar-refractivity contribution is 9.11. The summed E-state index contributed by atoms with van der Waals surface area (Å²) < 4.78 is 21.6. The minimum atomic E-state index is -1.21. The third-order valence-electron chi connectivity index (χ3n) is 4.47. The number of ether oxygens (including phenoxy) is 1. The Bertz CT molecular complexity index is 1070. The summed E-state index contributed by atoms with van der Waals surface area (Å²) >= 11 is 6.86. The second kappa shape index (κ2) is 8.67. The van der Waals surface area contributed by atoms with Gasteiger partial charge in [0, 0.05) is 20.2 Å². The molecule has 0 fully saturated rings. The molecule has 1 aliphatic carbocycles. The molecular weight excluding hydrogens is 523 g/mol. The molecule has 0 amide bonds. The van der Waals surface area contributed by atoms with Crippen LogP contribution in [0.2, 0.25) is 25.7 Å². The molecule has 1 N–H and O–H groups in total. The van der Waals surface area contributed by atoms with Crippen LogP contribution in [0.15, 0.2) is 44.5 Å². The molecule has 9 heteroatoms. The second-order valence-electron chi connectivity index (χ2n) is 7.95. The number of rotatable bonds is 6. The van der Waals surface area contributed by atoms with E-state index in [9.17, 15) is 14.3 Å². The van der Waals surface area contributed by atoms with Gasteiger partial charge in [-0.1, -0.05) is 31.8 Å². The Hall–Kier alpha value is -1.55. The molecule has 0 radical (unpaired) electrons. The van der Waals surface area contributed by atoms with Crippen molar-refractivity contribution in [3.63, 3.8) is 0 Å². The number of benzene rings is 2. The lowest BCUT2D eigenvalue weighted by Crippen LogP contribution is -2.22. The molecule has 2 aliphatic rings. The fourth-order valence-corrected chi connectivity index (χ4v) is 4.89. The van der Waals surface area contributed by atoms with Gasteiger partial charge in [-0.25, -0.2) is 9.37 Å². The van der Waals surface area contributed by atoms with Crippen molar-refractivity contribution in [1.29, 1.82) is 0 Å². The Morgan fingerprint density at radius 3 is 2.48 bits per heavy atom. The lowest BCUT2D eigenvalue weighted by atomic mass is 9.99. The van der Waals surface area contributed by atoms with E-state index in [1.54, 1.807) is 4.57 Å². The first kappa shape index (κ1) is 22.1. The van der Waals surface area contributed by atoms with E-state index in [1.807, 2.05) is 0 Å². The van der Waals surface area contributed by atoms with E-state index in [0.29, 0.717) is 21.5 Å². The molecule has 1 aliphatic heterocycles. The minimum Gasteiger partial charge on any atom is -0.506 e. The highest BCUT2D eigenvalue weighted by Gasteiger charge is 2.24. The van der Waals surface area contributed by atoms with E-state index in [4.69, 9.17) is 4.74 Å². The van der Waals surface area contributed by atoms with Crippen molar-refractivity contribution in [3.05, 3.63) is 55.7 Å². The average Bonchev–Trinajstić information content (AvgIpc) is 2.63. The van der Waals surface area contributed by atoms with Crippen molar-refractivity contribution in [1.82, 2.24) is 9.55 Å². The number of hydrogen-bond donors (Lipinski definition) is 1. The molecule has 1 aromatic rings. The van der Waals surface area contributed by atoms with Gasteiger partial charge >= 0.3 is 0 Å². The van der Waals surface area contributed by atoms with Crippen molar-refractivity contribution >= 4 is 39.9 Å². The summed E-state index contributed by atoms with van der Waals surface area (Å²) in [4.78, 5) is 17.5. The number of halogens is 3. The zero-order valence-electron chi connectivity index (χ0n) is 16.3. The summed E-state index contributed by atoms with van der Waals surface area (Å²) in [5.74, 6) is -0.529. The van der Waals surface area contributed by atoms with Gasteiger partial charge in [0.15, 0.2) is 10.2 Å². The number of aromatic nitrogens is 2.